The molecular formula is C11H10F2O3. The lowest BCUT2D eigenvalue weighted by Gasteiger charge is -2.06. The maximum Gasteiger partial charge on any atom is 0.328 e. The highest BCUT2D eigenvalue weighted by Gasteiger charge is 2.05. The van der Waals surface area contributed by atoms with Gasteiger partial charge in [0.2, 0.25) is 0 Å². The van der Waals surface area contributed by atoms with E-state index in [0.717, 1.165) is 24.3 Å². The van der Waals surface area contributed by atoms with Crippen molar-refractivity contribution in [3.8, 4) is 5.75 Å². The standard InChI is InChI=1S/C11H10F2O3/c1-7(4-11(14)15)6-16-10-5-8(12)2-3-9(10)13/h2-5H,6H2,1H3,(H,14,15). The van der Waals surface area contributed by atoms with E-state index in [1.54, 1.807) is 0 Å². The van der Waals surface area contributed by atoms with Crippen molar-refractivity contribution in [3.05, 3.63) is 41.5 Å². The van der Waals surface area contributed by atoms with Crippen LogP contribution in [0.3, 0.4) is 0 Å². The van der Waals surface area contributed by atoms with Crippen molar-refractivity contribution in [1.29, 1.82) is 0 Å². The lowest BCUT2D eigenvalue weighted by atomic mass is 10.3. The molecule has 1 rings (SSSR count). The van der Waals surface area contributed by atoms with E-state index in [2.05, 4.69) is 0 Å². The average molecular weight is 228 g/mol. The molecule has 16 heavy (non-hydrogen) atoms. The van der Waals surface area contributed by atoms with Gasteiger partial charge in [-0.05, 0) is 24.6 Å². The van der Waals surface area contributed by atoms with Gasteiger partial charge in [0, 0.05) is 12.1 Å². The van der Waals surface area contributed by atoms with Gasteiger partial charge in [-0.1, -0.05) is 0 Å². The summed E-state index contributed by atoms with van der Waals surface area (Å²) in [6, 6.07) is 2.83. The quantitative estimate of drug-likeness (QED) is 0.805. The SMILES string of the molecule is CC(=CC(=O)O)COc1cc(F)ccc1F. The second-order valence-corrected chi connectivity index (χ2v) is 3.19. The largest absolute Gasteiger partial charge is 0.486 e. The minimum atomic E-state index is -1.11. The molecule has 0 aliphatic heterocycles. The van der Waals surface area contributed by atoms with E-state index in [1.165, 1.54) is 6.92 Å². The smallest absolute Gasteiger partial charge is 0.328 e. The highest BCUT2D eigenvalue weighted by molar-refractivity contribution is 5.80. The second-order valence-electron chi connectivity index (χ2n) is 3.19. The Bertz CT molecular complexity index is 427. The Hall–Kier alpha value is -1.91. The van der Waals surface area contributed by atoms with Crippen LogP contribution in [0.4, 0.5) is 8.78 Å². The van der Waals surface area contributed by atoms with Crippen molar-refractivity contribution in [2.75, 3.05) is 6.61 Å². The summed E-state index contributed by atoms with van der Waals surface area (Å²) in [6.07, 6.45) is 0.942. The van der Waals surface area contributed by atoms with Crippen LogP contribution in [0, 0.1) is 11.6 Å². The van der Waals surface area contributed by atoms with Crippen LogP contribution in [-0.4, -0.2) is 17.7 Å². The number of carbonyl (C=O) groups is 1. The number of ether oxygens (including phenoxy) is 1. The molecule has 0 fully saturated rings. The van der Waals surface area contributed by atoms with E-state index in [1.807, 2.05) is 0 Å². The van der Waals surface area contributed by atoms with E-state index < -0.39 is 17.6 Å². The fourth-order valence-corrected chi connectivity index (χ4v) is 1.03. The van der Waals surface area contributed by atoms with Crippen LogP contribution < -0.4 is 4.74 Å². The van der Waals surface area contributed by atoms with E-state index in [9.17, 15) is 13.6 Å². The molecule has 0 spiro atoms. The van der Waals surface area contributed by atoms with Crippen LogP contribution in [-0.2, 0) is 4.79 Å². The van der Waals surface area contributed by atoms with Crippen LogP contribution in [0.1, 0.15) is 6.92 Å². The number of carboxylic acids is 1. The zero-order valence-electron chi connectivity index (χ0n) is 8.54. The van der Waals surface area contributed by atoms with Crippen molar-refractivity contribution in [2.45, 2.75) is 6.92 Å². The highest BCUT2D eigenvalue weighted by Crippen LogP contribution is 2.18. The van der Waals surface area contributed by atoms with Gasteiger partial charge in [0.15, 0.2) is 11.6 Å². The van der Waals surface area contributed by atoms with Gasteiger partial charge in [-0.25, -0.2) is 13.6 Å². The fourth-order valence-electron chi connectivity index (χ4n) is 1.03. The Labute approximate surface area is 91.0 Å². The summed E-state index contributed by atoms with van der Waals surface area (Å²) in [6.45, 7) is 1.41. The number of carboxylic acid groups (broad SMARTS) is 1. The van der Waals surface area contributed by atoms with Gasteiger partial charge < -0.3 is 9.84 Å². The predicted molar refractivity (Wildman–Crippen MR) is 53.2 cm³/mol. The van der Waals surface area contributed by atoms with Crippen molar-refractivity contribution in [1.82, 2.24) is 0 Å². The molecule has 86 valence electrons. The van der Waals surface area contributed by atoms with Crippen LogP contribution in [0.2, 0.25) is 0 Å². The van der Waals surface area contributed by atoms with Crippen LogP contribution in [0.5, 0.6) is 5.75 Å². The average Bonchev–Trinajstić information content (AvgIpc) is 2.18. The number of rotatable bonds is 4. The third-order valence-corrected chi connectivity index (χ3v) is 1.72. The number of hydrogen-bond acceptors (Lipinski definition) is 2. The summed E-state index contributed by atoms with van der Waals surface area (Å²) < 4.78 is 30.7. The molecule has 1 aromatic rings. The van der Waals surface area contributed by atoms with Gasteiger partial charge in [-0.2, -0.15) is 0 Å². The highest BCUT2D eigenvalue weighted by atomic mass is 19.1. The molecular weight excluding hydrogens is 218 g/mol. The first-order valence-electron chi connectivity index (χ1n) is 4.47. The first-order valence-corrected chi connectivity index (χ1v) is 4.47. The lowest BCUT2D eigenvalue weighted by Crippen LogP contribution is -2.03. The Balaban J connectivity index is 2.68. The summed E-state index contributed by atoms with van der Waals surface area (Å²) >= 11 is 0. The van der Waals surface area contributed by atoms with Crippen molar-refractivity contribution >= 4 is 5.97 Å². The third kappa shape index (κ3) is 3.68. The first-order chi connectivity index (χ1) is 7.49. The molecule has 0 bridgehead atoms. The van der Waals surface area contributed by atoms with Gasteiger partial charge in [0.25, 0.3) is 0 Å². The zero-order valence-corrected chi connectivity index (χ0v) is 8.54. The maximum absolute atomic E-state index is 13.1. The molecule has 3 nitrogen and oxygen atoms in total. The van der Waals surface area contributed by atoms with Crippen LogP contribution >= 0.6 is 0 Å². The van der Waals surface area contributed by atoms with E-state index in [-0.39, 0.29) is 12.4 Å². The Morgan fingerprint density at radius 2 is 2.19 bits per heavy atom. The molecule has 0 aliphatic rings. The monoisotopic (exact) mass is 228 g/mol. The molecule has 5 heteroatoms. The van der Waals surface area contributed by atoms with Crippen molar-refractivity contribution in [2.24, 2.45) is 0 Å². The predicted octanol–water partition coefficient (Wildman–Crippen LogP) is 2.37. The minimum absolute atomic E-state index is 0.104. The first kappa shape index (κ1) is 12.2. The Morgan fingerprint density at radius 1 is 1.50 bits per heavy atom. The van der Waals surface area contributed by atoms with E-state index >= 15 is 0 Å². The normalized spacial score (nSPS) is 11.3. The Morgan fingerprint density at radius 3 is 2.81 bits per heavy atom. The molecule has 0 radical (unpaired) electrons. The number of benzene rings is 1. The molecule has 0 atom stereocenters. The van der Waals surface area contributed by atoms with Gasteiger partial charge in [0.05, 0.1) is 0 Å². The number of aliphatic carboxylic acids is 1. The lowest BCUT2D eigenvalue weighted by molar-refractivity contribution is -0.131. The van der Waals surface area contributed by atoms with Crippen LogP contribution in [0.25, 0.3) is 0 Å². The van der Waals surface area contributed by atoms with Crippen LogP contribution in [0.15, 0.2) is 29.8 Å². The molecule has 0 amide bonds. The fraction of sp³-hybridized carbons (Fsp3) is 0.182. The molecule has 0 saturated carbocycles. The molecule has 0 saturated heterocycles. The molecule has 0 aromatic heterocycles. The number of halogens is 2. The Kier molecular flexibility index (Phi) is 3.99. The van der Waals surface area contributed by atoms with Gasteiger partial charge >= 0.3 is 5.97 Å². The molecule has 0 aliphatic carbocycles. The summed E-state index contributed by atoms with van der Waals surface area (Å²) in [5.41, 5.74) is 0.399. The summed E-state index contributed by atoms with van der Waals surface area (Å²) in [5.74, 6) is -2.65. The van der Waals surface area contributed by atoms with Crippen molar-refractivity contribution in [3.63, 3.8) is 0 Å². The van der Waals surface area contributed by atoms with Gasteiger partial charge in [-0.15, -0.1) is 0 Å². The summed E-state index contributed by atoms with van der Waals surface area (Å²) in [4.78, 5) is 10.3. The second kappa shape index (κ2) is 5.25. The summed E-state index contributed by atoms with van der Waals surface area (Å²) in [7, 11) is 0. The summed E-state index contributed by atoms with van der Waals surface area (Å²) in [5, 5.41) is 8.41. The molecule has 1 aromatic carbocycles. The zero-order chi connectivity index (χ0) is 12.1. The molecule has 0 heterocycles. The topological polar surface area (TPSA) is 46.5 Å². The van der Waals surface area contributed by atoms with E-state index in [0.29, 0.717) is 5.57 Å². The van der Waals surface area contributed by atoms with Gasteiger partial charge in [-0.3, -0.25) is 0 Å². The number of hydrogen-bond donors (Lipinski definition) is 1. The van der Waals surface area contributed by atoms with Gasteiger partial charge in [0.1, 0.15) is 12.4 Å². The minimum Gasteiger partial charge on any atom is -0.486 e. The molecule has 1 N–H and O–H groups in total. The van der Waals surface area contributed by atoms with Crippen molar-refractivity contribution < 1.29 is 23.4 Å². The van der Waals surface area contributed by atoms with E-state index in [4.69, 9.17) is 9.84 Å². The molecule has 0 unspecified atom stereocenters. The maximum atomic E-state index is 13.1. The third-order valence-electron chi connectivity index (χ3n) is 1.72.